The molecule has 1 aromatic heterocycles. The number of aryl methyl sites for hydroxylation is 1. The molecule has 2 aromatic carbocycles. The number of para-hydroxylation sites is 1. The molecule has 0 fully saturated rings. The minimum atomic E-state index is -0.397. The van der Waals surface area contributed by atoms with Gasteiger partial charge in [-0.3, -0.25) is 4.79 Å². The predicted molar refractivity (Wildman–Crippen MR) is 111 cm³/mol. The summed E-state index contributed by atoms with van der Waals surface area (Å²) in [5, 5.41) is 4.59. The van der Waals surface area contributed by atoms with Gasteiger partial charge >= 0.3 is 11.9 Å². The van der Waals surface area contributed by atoms with Crippen molar-refractivity contribution in [1.82, 2.24) is 9.78 Å². The monoisotopic (exact) mass is 410 g/mol. The van der Waals surface area contributed by atoms with Gasteiger partial charge in [0.1, 0.15) is 6.61 Å². The third kappa shape index (κ3) is 5.06. The molecule has 0 unspecified atom stereocenters. The van der Waals surface area contributed by atoms with E-state index < -0.39 is 5.97 Å². The number of ether oxygens (including phenoxy) is 2. The van der Waals surface area contributed by atoms with Crippen molar-refractivity contribution in [1.29, 1.82) is 0 Å². The maximum atomic E-state index is 12.2. The van der Waals surface area contributed by atoms with E-state index in [2.05, 4.69) is 9.84 Å². The summed E-state index contributed by atoms with van der Waals surface area (Å²) in [4.78, 5) is 24.6. The van der Waals surface area contributed by atoms with E-state index in [9.17, 15) is 9.59 Å². The number of aromatic nitrogens is 2. The summed E-state index contributed by atoms with van der Waals surface area (Å²) in [6.07, 6.45) is 0. The van der Waals surface area contributed by atoms with Gasteiger partial charge in [-0.05, 0) is 43.7 Å². The summed E-state index contributed by atoms with van der Waals surface area (Å²) in [6.45, 7) is 4.08. The average Bonchev–Trinajstić information content (AvgIpc) is 3.04. The fourth-order valence-electron chi connectivity index (χ4n) is 2.85. The lowest BCUT2D eigenvalue weighted by atomic mass is 10.1. The Hall–Kier alpha value is -3.06. The Morgan fingerprint density at radius 2 is 1.72 bits per heavy atom. The first-order valence-electron chi connectivity index (χ1n) is 9.07. The van der Waals surface area contributed by atoms with Gasteiger partial charge in [0, 0.05) is 0 Å². The SMILES string of the molecule is COC(=O)c1ccc(COC(=O)CSc2c(C)nn(-c3ccccc3)c2C)cc1. The van der Waals surface area contributed by atoms with Crippen molar-refractivity contribution >= 4 is 23.7 Å². The predicted octanol–water partition coefficient (Wildman–Crippen LogP) is 4.11. The minimum absolute atomic E-state index is 0.155. The quantitative estimate of drug-likeness (QED) is 0.431. The number of thioether (sulfide) groups is 1. The highest BCUT2D eigenvalue weighted by atomic mass is 32.2. The summed E-state index contributed by atoms with van der Waals surface area (Å²) >= 11 is 1.42. The Morgan fingerprint density at radius 3 is 2.38 bits per heavy atom. The van der Waals surface area contributed by atoms with E-state index in [-0.39, 0.29) is 18.3 Å². The zero-order valence-corrected chi connectivity index (χ0v) is 17.4. The molecule has 0 atom stereocenters. The molecule has 0 aliphatic carbocycles. The highest BCUT2D eigenvalue weighted by Gasteiger charge is 2.15. The maximum Gasteiger partial charge on any atom is 0.337 e. The molecule has 1 heterocycles. The maximum absolute atomic E-state index is 12.2. The van der Waals surface area contributed by atoms with Gasteiger partial charge in [-0.15, -0.1) is 11.8 Å². The van der Waals surface area contributed by atoms with Gasteiger partial charge in [-0.1, -0.05) is 30.3 Å². The van der Waals surface area contributed by atoms with E-state index in [1.54, 1.807) is 24.3 Å². The molecule has 0 saturated carbocycles. The highest BCUT2D eigenvalue weighted by molar-refractivity contribution is 8.00. The van der Waals surface area contributed by atoms with E-state index in [4.69, 9.17) is 4.74 Å². The fourth-order valence-corrected chi connectivity index (χ4v) is 3.74. The Bertz CT molecular complexity index is 998. The normalized spacial score (nSPS) is 10.6. The third-order valence-corrected chi connectivity index (χ3v) is 5.59. The van der Waals surface area contributed by atoms with Gasteiger partial charge in [-0.2, -0.15) is 5.10 Å². The molecule has 29 heavy (non-hydrogen) atoms. The zero-order chi connectivity index (χ0) is 20.8. The van der Waals surface area contributed by atoms with Gasteiger partial charge in [0.05, 0.1) is 40.4 Å². The zero-order valence-electron chi connectivity index (χ0n) is 16.5. The largest absolute Gasteiger partial charge is 0.465 e. The number of benzene rings is 2. The molecule has 0 aliphatic heterocycles. The second-order valence-corrected chi connectivity index (χ2v) is 7.37. The van der Waals surface area contributed by atoms with Crippen molar-refractivity contribution in [3.8, 4) is 5.69 Å². The lowest BCUT2D eigenvalue weighted by molar-refractivity contribution is -0.141. The van der Waals surface area contributed by atoms with E-state index in [0.717, 1.165) is 27.5 Å². The van der Waals surface area contributed by atoms with Crippen LogP contribution in [0, 0.1) is 13.8 Å². The van der Waals surface area contributed by atoms with Crippen LogP contribution in [0.2, 0.25) is 0 Å². The van der Waals surface area contributed by atoms with Crippen LogP contribution < -0.4 is 0 Å². The summed E-state index contributed by atoms with van der Waals surface area (Å²) in [5.74, 6) is -0.507. The van der Waals surface area contributed by atoms with Gasteiger partial charge in [0.2, 0.25) is 0 Å². The lowest BCUT2D eigenvalue weighted by Crippen LogP contribution is -2.08. The molecule has 0 amide bonds. The van der Waals surface area contributed by atoms with E-state index in [0.29, 0.717) is 5.56 Å². The number of rotatable bonds is 7. The topological polar surface area (TPSA) is 70.4 Å². The van der Waals surface area contributed by atoms with Crippen LogP contribution in [0.25, 0.3) is 5.69 Å². The second-order valence-electron chi connectivity index (χ2n) is 6.39. The van der Waals surface area contributed by atoms with Gasteiger partial charge in [0.15, 0.2) is 0 Å². The molecule has 3 rings (SSSR count). The molecule has 0 spiro atoms. The number of carbonyl (C=O) groups is 2. The fraction of sp³-hybridized carbons (Fsp3) is 0.227. The third-order valence-electron chi connectivity index (χ3n) is 4.33. The Morgan fingerprint density at radius 1 is 1.03 bits per heavy atom. The average molecular weight is 410 g/mol. The van der Waals surface area contributed by atoms with Crippen LogP contribution >= 0.6 is 11.8 Å². The number of esters is 2. The van der Waals surface area contributed by atoms with Crippen molar-refractivity contribution in [3.05, 3.63) is 77.1 Å². The smallest absolute Gasteiger partial charge is 0.337 e. The van der Waals surface area contributed by atoms with Gasteiger partial charge < -0.3 is 9.47 Å². The first-order chi connectivity index (χ1) is 14.0. The lowest BCUT2D eigenvalue weighted by Gasteiger charge is -2.07. The van der Waals surface area contributed by atoms with Crippen LogP contribution in [0.15, 0.2) is 59.5 Å². The molecule has 0 saturated heterocycles. The van der Waals surface area contributed by atoms with Crippen molar-refractivity contribution < 1.29 is 19.1 Å². The second kappa shape index (κ2) is 9.43. The van der Waals surface area contributed by atoms with E-state index in [1.165, 1.54) is 18.9 Å². The van der Waals surface area contributed by atoms with Crippen LogP contribution in [0.3, 0.4) is 0 Å². The molecule has 0 aliphatic rings. The molecule has 6 nitrogen and oxygen atoms in total. The van der Waals surface area contributed by atoms with Crippen molar-refractivity contribution in [2.24, 2.45) is 0 Å². The van der Waals surface area contributed by atoms with Crippen LogP contribution in [-0.4, -0.2) is 34.6 Å². The number of nitrogens with zero attached hydrogens (tertiary/aromatic N) is 2. The summed E-state index contributed by atoms with van der Waals surface area (Å²) in [7, 11) is 1.34. The molecule has 3 aromatic rings. The molecule has 0 radical (unpaired) electrons. The van der Waals surface area contributed by atoms with Crippen molar-refractivity contribution in [2.75, 3.05) is 12.9 Å². The minimum Gasteiger partial charge on any atom is -0.465 e. The van der Waals surface area contributed by atoms with Crippen LogP contribution in [0.5, 0.6) is 0 Å². The summed E-state index contributed by atoms with van der Waals surface area (Å²) in [6, 6.07) is 16.7. The van der Waals surface area contributed by atoms with Gasteiger partial charge in [0.25, 0.3) is 0 Å². The van der Waals surface area contributed by atoms with E-state index >= 15 is 0 Å². The molecule has 0 bridgehead atoms. The first kappa shape index (κ1) is 20.7. The highest BCUT2D eigenvalue weighted by Crippen LogP contribution is 2.28. The standard InChI is InChI=1S/C22H22N2O4S/c1-15-21(16(2)24(23-15)19-7-5-4-6-8-19)29-14-20(25)28-13-17-9-11-18(12-10-17)22(26)27-3/h4-12H,13-14H2,1-3H3. The van der Waals surface area contributed by atoms with Crippen molar-refractivity contribution in [3.63, 3.8) is 0 Å². The van der Waals surface area contributed by atoms with Crippen LogP contribution in [0.4, 0.5) is 0 Å². The Balaban J connectivity index is 1.56. The van der Waals surface area contributed by atoms with Crippen LogP contribution in [0.1, 0.15) is 27.3 Å². The number of methoxy groups -OCH3 is 1. The summed E-state index contributed by atoms with van der Waals surface area (Å²) in [5.41, 5.74) is 4.12. The molecule has 7 heteroatoms. The van der Waals surface area contributed by atoms with Crippen molar-refractivity contribution in [2.45, 2.75) is 25.3 Å². The first-order valence-corrected chi connectivity index (χ1v) is 10.1. The van der Waals surface area contributed by atoms with Gasteiger partial charge in [-0.25, -0.2) is 9.48 Å². The molecule has 150 valence electrons. The number of hydrogen-bond acceptors (Lipinski definition) is 6. The molecular weight excluding hydrogens is 388 g/mol. The Kier molecular flexibility index (Phi) is 6.72. The number of hydrogen-bond donors (Lipinski definition) is 0. The number of carbonyl (C=O) groups excluding carboxylic acids is 2. The Labute approximate surface area is 173 Å². The molecule has 0 N–H and O–H groups in total. The molecular formula is C22H22N2O4S. The van der Waals surface area contributed by atoms with Crippen LogP contribution in [-0.2, 0) is 20.9 Å². The van der Waals surface area contributed by atoms with E-state index in [1.807, 2.05) is 48.9 Å². The summed E-state index contributed by atoms with van der Waals surface area (Å²) < 4.78 is 11.9.